The molecule has 1 atom stereocenters. The molecular formula is C33H28F3N3O4S. The van der Waals surface area contributed by atoms with E-state index in [1.165, 1.54) is 31.4 Å². The number of thioether (sulfide) groups is 1. The topological polar surface area (TPSA) is 96.5 Å². The van der Waals surface area contributed by atoms with Crippen LogP contribution in [0, 0.1) is 0 Å². The molecule has 0 saturated carbocycles. The molecule has 0 aliphatic rings. The molecule has 0 radical (unpaired) electrons. The summed E-state index contributed by atoms with van der Waals surface area (Å²) in [7, 11) is 1.50. The van der Waals surface area contributed by atoms with Crippen LogP contribution in [0.15, 0.2) is 114 Å². The van der Waals surface area contributed by atoms with Gasteiger partial charge in [-0.3, -0.25) is 14.4 Å². The van der Waals surface area contributed by atoms with Gasteiger partial charge in [0, 0.05) is 21.7 Å². The second-order valence-electron chi connectivity index (χ2n) is 9.39. The van der Waals surface area contributed by atoms with Gasteiger partial charge < -0.3 is 20.7 Å². The van der Waals surface area contributed by atoms with Gasteiger partial charge in [0.2, 0.25) is 5.91 Å². The summed E-state index contributed by atoms with van der Waals surface area (Å²) in [6, 6.07) is 26.8. The molecule has 0 spiro atoms. The summed E-state index contributed by atoms with van der Waals surface area (Å²) >= 11 is 1.14. The van der Waals surface area contributed by atoms with Gasteiger partial charge in [0.15, 0.2) is 0 Å². The first-order valence-corrected chi connectivity index (χ1v) is 14.2. The third kappa shape index (κ3) is 8.51. The van der Waals surface area contributed by atoms with E-state index in [-0.39, 0.29) is 11.4 Å². The first-order valence-electron chi connectivity index (χ1n) is 13.3. The zero-order valence-electron chi connectivity index (χ0n) is 23.6. The third-order valence-electron chi connectivity index (χ3n) is 6.25. The molecule has 7 nitrogen and oxygen atoms in total. The first-order chi connectivity index (χ1) is 21.0. The summed E-state index contributed by atoms with van der Waals surface area (Å²) < 4.78 is 45.3. The number of methoxy groups -OCH3 is 1. The maximum atomic E-state index is 13.3. The monoisotopic (exact) mass is 619 g/mol. The standard InChI is InChI=1S/C33H28F3N3O4S/c1-21(30(40)38-27-14-8-7-13-26(27)33(34,35)36)44-25-18-16-24(17-19-25)37-32(42)28(20-23-12-6-9-15-29(23)43-2)39-31(41)22-10-4-3-5-11-22/h3-21H,1-2H3,(H,37,42)(H,38,40)(H,39,41)/b28-20-. The molecule has 11 heteroatoms. The third-order valence-corrected chi connectivity index (χ3v) is 7.36. The van der Waals surface area contributed by atoms with E-state index in [1.54, 1.807) is 85.8 Å². The highest BCUT2D eigenvalue weighted by Gasteiger charge is 2.34. The predicted octanol–water partition coefficient (Wildman–Crippen LogP) is 7.24. The van der Waals surface area contributed by atoms with Crippen molar-refractivity contribution in [2.75, 3.05) is 17.7 Å². The molecular weight excluding hydrogens is 591 g/mol. The van der Waals surface area contributed by atoms with Gasteiger partial charge in [0.25, 0.3) is 11.8 Å². The van der Waals surface area contributed by atoms with Crippen LogP contribution in [-0.4, -0.2) is 30.1 Å². The SMILES string of the molecule is COc1ccccc1/C=C(\NC(=O)c1ccccc1)C(=O)Nc1ccc(SC(C)C(=O)Nc2ccccc2C(F)(F)F)cc1. The van der Waals surface area contributed by atoms with Crippen molar-refractivity contribution in [2.24, 2.45) is 0 Å². The van der Waals surface area contributed by atoms with Crippen LogP contribution in [0.1, 0.15) is 28.4 Å². The molecule has 0 saturated heterocycles. The quantitative estimate of drug-likeness (QED) is 0.128. The average molecular weight is 620 g/mol. The minimum atomic E-state index is -4.60. The molecule has 1 unspecified atom stereocenters. The van der Waals surface area contributed by atoms with Crippen LogP contribution in [0.5, 0.6) is 5.75 Å². The summed E-state index contributed by atoms with van der Waals surface area (Å²) in [6.07, 6.45) is -3.09. The van der Waals surface area contributed by atoms with Gasteiger partial charge in [0.1, 0.15) is 11.4 Å². The number of nitrogens with one attached hydrogen (secondary N) is 3. The van der Waals surface area contributed by atoms with Crippen molar-refractivity contribution >= 4 is 46.9 Å². The number of ether oxygens (including phenoxy) is 1. The minimum absolute atomic E-state index is 0.0220. The Balaban J connectivity index is 1.45. The fourth-order valence-electron chi connectivity index (χ4n) is 4.03. The Kier molecular flexibility index (Phi) is 10.5. The summed E-state index contributed by atoms with van der Waals surface area (Å²) in [5, 5.41) is 7.06. The zero-order chi connectivity index (χ0) is 31.7. The second-order valence-corrected chi connectivity index (χ2v) is 10.8. The number of carbonyl (C=O) groups is 3. The number of alkyl halides is 3. The number of rotatable bonds is 10. The van der Waals surface area contributed by atoms with E-state index in [4.69, 9.17) is 4.74 Å². The van der Waals surface area contributed by atoms with Gasteiger partial charge >= 0.3 is 6.18 Å². The van der Waals surface area contributed by atoms with Crippen molar-refractivity contribution in [1.82, 2.24) is 5.32 Å². The molecule has 4 rings (SSSR count). The summed E-state index contributed by atoms with van der Waals surface area (Å²) in [5.41, 5.74) is 0.0938. The lowest BCUT2D eigenvalue weighted by atomic mass is 10.1. The highest BCUT2D eigenvalue weighted by Crippen LogP contribution is 2.35. The Bertz CT molecular complexity index is 1660. The van der Waals surface area contributed by atoms with Crippen LogP contribution in [0.4, 0.5) is 24.5 Å². The lowest BCUT2D eigenvalue weighted by Crippen LogP contribution is -2.30. The van der Waals surface area contributed by atoms with Gasteiger partial charge in [-0.25, -0.2) is 0 Å². The molecule has 4 aromatic carbocycles. The Labute approximate surface area is 256 Å². The zero-order valence-corrected chi connectivity index (χ0v) is 24.5. The van der Waals surface area contributed by atoms with E-state index in [1.807, 2.05) is 0 Å². The molecule has 0 heterocycles. The molecule has 0 aliphatic carbocycles. The molecule has 0 fully saturated rings. The maximum Gasteiger partial charge on any atom is 0.418 e. The summed E-state index contributed by atoms with van der Waals surface area (Å²) in [6.45, 7) is 1.58. The van der Waals surface area contributed by atoms with Crippen LogP contribution < -0.4 is 20.7 Å². The Morgan fingerprint density at radius 1 is 0.818 bits per heavy atom. The van der Waals surface area contributed by atoms with E-state index < -0.39 is 34.7 Å². The van der Waals surface area contributed by atoms with Gasteiger partial charge in [-0.1, -0.05) is 48.5 Å². The van der Waals surface area contributed by atoms with Crippen molar-refractivity contribution in [3.63, 3.8) is 0 Å². The van der Waals surface area contributed by atoms with Crippen molar-refractivity contribution in [2.45, 2.75) is 23.2 Å². The lowest BCUT2D eigenvalue weighted by molar-refractivity contribution is -0.137. The van der Waals surface area contributed by atoms with E-state index in [0.717, 1.165) is 17.8 Å². The normalized spacial score (nSPS) is 12.2. The number of hydrogen-bond donors (Lipinski definition) is 3. The molecule has 3 N–H and O–H groups in total. The molecule has 4 aromatic rings. The van der Waals surface area contributed by atoms with Crippen molar-refractivity contribution in [3.8, 4) is 5.75 Å². The minimum Gasteiger partial charge on any atom is -0.496 e. The van der Waals surface area contributed by atoms with E-state index in [2.05, 4.69) is 16.0 Å². The Morgan fingerprint density at radius 3 is 2.14 bits per heavy atom. The van der Waals surface area contributed by atoms with Crippen molar-refractivity contribution < 1.29 is 32.3 Å². The highest BCUT2D eigenvalue weighted by atomic mass is 32.2. The number of hydrogen-bond acceptors (Lipinski definition) is 5. The number of amides is 3. The largest absolute Gasteiger partial charge is 0.496 e. The number of para-hydroxylation sites is 2. The fourth-order valence-corrected chi connectivity index (χ4v) is 4.90. The molecule has 3 amide bonds. The smallest absolute Gasteiger partial charge is 0.418 e. The van der Waals surface area contributed by atoms with Gasteiger partial charge in [0.05, 0.1) is 23.6 Å². The maximum absolute atomic E-state index is 13.3. The predicted molar refractivity (Wildman–Crippen MR) is 165 cm³/mol. The van der Waals surface area contributed by atoms with Gasteiger partial charge in [-0.15, -0.1) is 11.8 Å². The van der Waals surface area contributed by atoms with Crippen LogP contribution >= 0.6 is 11.8 Å². The molecule has 226 valence electrons. The number of anilines is 2. The lowest BCUT2D eigenvalue weighted by Gasteiger charge is -2.16. The molecule has 0 bridgehead atoms. The molecule has 0 aromatic heterocycles. The van der Waals surface area contributed by atoms with Crippen LogP contribution in [-0.2, 0) is 15.8 Å². The average Bonchev–Trinajstić information content (AvgIpc) is 3.02. The van der Waals surface area contributed by atoms with Crippen molar-refractivity contribution in [1.29, 1.82) is 0 Å². The fraction of sp³-hybridized carbons (Fsp3) is 0.121. The first kappa shape index (κ1) is 31.9. The summed E-state index contributed by atoms with van der Waals surface area (Å²) in [4.78, 5) is 39.5. The molecule has 0 aliphatic heterocycles. The van der Waals surface area contributed by atoms with Crippen LogP contribution in [0.3, 0.4) is 0 Å². The van der Waals surface area contributed by atoms with E-state index in [9.17, 15) is 27.6 Å². The number of benzene rings is 4. The van der Waals surface area contributed by atoms with Gasteiger partial charge in [-0.2, -0.15) is 13.2 Å². The number of halogens is 3. The van der Waals surface area contributed by atoms with Crippen molar-refractivity contribution in [3.05, 3.63) is 126 Å². The Hall–Kier alpha value is -5.03. The summed E-state index contributed by atoms with van der Waals surface area (Å²) in [5.74, 6) is -1.15. The Morgan fingerprint density at radius 2 is 1.45 bits per heavy atom. The van der Waals surface area contributed by atoms with Crippen LogP contribution in [0.2, 0.25) is 0 Å². The van der Waals surface area contributed by atoms with Crippen LogP contribution in [0.25, 0.3) is 6.08 Å². The van der Waals surface area contributed by atoms with E-state index in [0.29, 0.717) is 27.5 Å². The highest BCUT2D eigenvalue weighted by molar-refractivity contribution is 8.00. The second kappa shape index (κ2) is 14.4. The van der Waals surface area contributed by atoms with Gasteiger partial charge in [-0.05, 0) is 67.6 Å². The number of carbonyl (C=O) groups excluding carboxylic acids is 3. The van der Waals surface area contributed by atoms with E-state index >= 15 is 0 Å². The molecule has 44 heavy (non-hydrogen) atoms.